The molecule has 0 aliphatic rings. The van der Waals surface area contributed by atoms with Crippen LogP contribution in [0.2, 0.25) is 0 Å². The lowest BCUT2D eigenvalue weighted by atomic mass is 10.2. The minimum atomic E-state index is -0.653. The van der Waals surface area contributed by atoms with E-state index in [1.54, 1.807) is 31.5 Å². The number of rotatable bonds is 12. The molecular weight excluding hydrogens is 464 g/mol. The number of carbonyl (C=O) groups excluding carboxylic acids is 1. The molecule has 0 amide bonds. The molecule has 176 valence electrons. The Labute approximate surface area is 201 Å². The number of hydrogen-bond donors (Lipinski definition) is 0. The number of carbonyl (C=O) groups is 1. The second-order valence-electron chi connectivity index (χ2n) is 7.68. The van der Waals surface area contributed by atoms with Crippen LogP contribution in [0.15, 0.2) is 36.7 Å². The summed E-state index contributed by atoms with van der Waals surface area (Å²) >= 11 is 1.43. The van der Waals surface area contributed by atoms with Crippen LogP contribution in [0.3, 0.4) is 0 Å². The van der Waals surface area contributed by atoms with Crippen LogP contribution in [-0.2, 0) is 6.42 Å². The first-order valence-electron chi connectivity index (χ1n) is 10.7. The van der Waals surface area contributed by atoms with Crippen LogP contribution in [0, 0.1) is 5.95 Å². The van der Waals surface area contributed by atoms with Gasteiger partial charge in [-0.25, -0.2) is 9.97 Å². The maximum Gasteiger partial charge on any atom is 0.225 e. The molecule has 0 aromatic carbocycles. The molecule has 0 spiro atoms. The van der Waals surface area contributed by atoms with Crippen LogP contribution in [0.1, 0.15) is 35.6 Å². The highest BCUT2D eigenvalue weighted by Gasteiger charge is 2.19. The van der Waals surface area contributed by atoms with E-state index >= 15 is 0 Å². The van der Waals surface area contributed by atoms with Crippen molar-refractivity contribution in [1.82, 2.24) is 15.0 Å². The maximum atomic E-state index is 15.0. The highest BCUT2D eigenvalue weighted by Crippen LogP contribution is 2.31. The van der Waals surface area contributed by atoms with E-state index in [1.807, 2.05) is 35.9 Å². The van der Waals surface area contributed by atoms with Crippen molar-refractivity contribution in [3.8, 4) is 10.6 Å². The summed E-state index contributed by atoms with van der Waals surface area (Å²) in [6.07, 6.45) is 5.61. The molecule has 0 saturated heterocycles. The lowest BCUT2D eigenvalue weighted by Crippen LogP contribution is -2.31. The summed E-state index contributed by atoms with van der Waals surface area (Å²) in [6, 6.07) is 7.17. The standard InChI is InChI=1S/C23H27F2N5OS2/c1-4-11-30(14-16(2)33-25)21-8-7-18(22(24)28-21)23-27-19(20(15-31)32-23)9-12-29(3)17-6-5-10-26-13-17/h5-8,10,13,15-16H,4,9,11-12,14H2,1-3H3. The predicted molar refractivity (Wildman–Crippen MR) is 133 cm³/mol. The summed E-state index contributed by atoms with van der Waals surface area (Å²) in [5.41, 5.74) is 1.84. The fourth-order valence-corrected chi connectivity index (χ4v) is 4.58. The molecule has 10 heteroatoms. The molecule has 1 unspecified atom stereocenters. The maximum absolute atomic E-state index is 15.0. The molecule has 3 heterocycles. The molecular formula is C23H27F2N5OS2. The first kappa shape index (κ1) is 25.0. The van der Waals surface area contributed by atoms with Gasteiger partial charge < -0.3 is 9.80 Å². The topological polar surface area (TPSA) is 62.2 Å². The Balaban J connectivity index is 1.79. The summed E-state index contributed by atoms with van der Waals surface area (Å²) in [4.78, 5) is 28.8. The molecule has 0 aliphatic heterocycles. The minimum Gasteiger partial charge on any atom is -0.373 e. The molecule has 6 nitrogen and oxygen atoms in total. The van der Waals surface area contributed by atoms with Gasteiger partial charge in [0.25, 0.3) is 0 Å². The van der Waals surface area contributed by atoms with Crippen LogP contribution >= 0.6 is 23.5 Å². The van der Waals surface area contributed by atoms with Crippen molar-refractivity contribution in [2.24, 2.45) is 0 Å². The Kier molecular flexibility index (Phi) is 9.13. The van der Waals surface area contributed by atoms with E-state index in [4.69, 9.17) is 0 Å². The average molecular weight is 492 g/mol. The van der Waals surface area contributed by atoms with Crippen molar-refractivity contribution in [3.63, 3.8) is 0 Å². The first-order chi connectivity index (χ1) is 16.0. The Bertz CT molecular complexity index is 1050. The van der Waals surface area contributed by atoms with Crippen molar-refractivity contribution in [2.75, 3.05) is 36.5 Å². The van der Waals surface area contributed by atoms with Crippen LogP contribution < -0.4 is 9.80 Å². The third-order valence-corrected chi connectivity index (χ3v) is 6.63. The quantitative estimate of drug-likeness (QED) is 0.246. The minimum absolute atomic E-state index is 0.248. The molecule has 0 aliphatic carbocycles. The van der Waals surface area contributed by atoms with Gasteiger partial charge in [-0.05, 0) is 37.6 Å². The number of nitrogens with zero attached hydrogens (tertiary/aromatic N) is 5. The van der Waals surface area contributed by atoms with Gasteiger partial charge in [0.05, 0.1) is 33.3 Å². The average Bonchev–Trinajstić information content (AvgIpc) is 3.25. The molecule has 33 heavy (non-hydrogen) atoms. The third kappa shape index (κ3) is 6.48. The van der Waals surface area contributed by atoms with Gasteiger partial charge >= 0.3 is 0 Å². The Morgan fingerprint density at radius 1 is 1.24 bits per heavy atom. The number of anilines is 2. The number of halogens is 2. The largest absolute Gasteiger partial charge is 0.373 e. The van der Waals surface area contributed by atoms with E-state index in [9.17, 15) is 13.1 Å². The molecule has 0 bridgehead atoms. The molecule has 1 atom stereocenters. The highest BCUT2D eigenvalue weighted by molar-refractivity contribution is 7.94. The van der Waals surface area contributed by atoms with Crippen molar-refractivity contribution < 1.29 is 13.1 Å². The predicted octanol–water partition coefficient (Wildman–Crippen LogP) is 5.45. The van der Waals surface area contributed by atoms with Gasteiger partial charge in [0, 0.05) is 51.4 Å². The van der Waals surface area contributed by atoms with Gasteiger partial charge in [-0.1, -0.05) is 6.92 Å². The van der Waals surface area contributed by atoms with Gasteiger partial charge in [0.15, 0.2) is 6.29 Å². The van der Waals surface area contributed by atoms with Gasteiger partial charge in [0.1, 0.15) is 10.8 Å². The fourth-order valence-electron chi connectivity index (χ4n) is 3.40. The van der Waals surface area contributed by atoms with E-state index in [1.165, 1.54) is 0 Å². The Morgan fingerprint density at radius 2 is 2.06 bits per heavy atom. The molecule has 0 fully saturated rings. The normalized spacial score (nSPS) is 11.9. The number of pyridine rings is 2. The van der Waals surface area contributed by atoms with Crippen LogP contribution in [0.4, 0.5) is 19.8 Å². The molecule has 3 rings (SSSR count). The van der Waals surface area contributed by atoms with E-state index in [0.717, 1.165) is 29.7 Å². The summed E-state index contributed by atoms with van der Waals surface area (Å²) in [7, 11) is 1.94. The molecule has 3 aromatic heterocycles. The van der Waals surface area contributed by atoms with E-state index in [2.05, 4.69) is 15.0 Å². The van der Waals surface area contributed by atoms with Crippen molar-refractivity contribution in [2.45, 2.75) is 31.9 Å². The molecule has 0 saturated carbocycles. The van der Waals surface area contributed by atoms with Gasteiger partial charge in [-0.3, -0.25) is 9.78 Å². The zero-order valence-electron chi connectivity index (χ0n) is 18.9. The van der Waals surface area contributed by atoms with Crippen molar-refractivity contribution in [3.05, 3.63) is 53.2 Å². The molecule has 3 aromatic rings. The second-order valence-corrected chi connectivity index (χ2v) is 9.70. The summed E-state index contributed by atoms with van der Waals surface area (Å²) in [5, 5.41) is 0.171. The smallest absolute Gasteiger partial charge is 0.225 e. The molecule has 0 radical (unpaired) electrons. The molecule has 0 N–H and O–H groups in total. The number of aldehydes is 1. The Morgan fingerprint density at radius 3 is 2.70 bits per heavy atom. The van der Waals surface area contributed by atoms with Crippen LogP contribution in [0.5, 0.6) is 0 Å². The Hall–Kier alpha value is -2.59. The first-order valence-corrected chi connectivity index (χ1v) is 12.3. The SMILES string of the molecule is CCCN(CC(C)SF)c1ccc(-c2nc(CCN(C)c3cccnc3)c(C=O)s2)c(F)n1. The van der Waals surface area contributed by atoms with Crippen molar-refractivity contribution in [1.29, 1.82) is 0 Å². The summed E-state index contributed by atoms with van der Waals surface area (Å²) < 4.78 is 27.9. The van der Waals surface area contributed by atoms with Gasteiger partial charge in [-0.15, -0.1) is 11.3 Å². The van der Waals surface area contributed by atoms with Crippen molar-refractivity contribution >= 4 is 41.3 Å². The zero-order chi connectivity index (χ0) is 23.8. The lowest BCUT2D eigenvalue weighted by Gasteiger charge is -2.25. The lowest BCUT2D eigenvalue weighted by molar-refractivity contribution is 0.112. The van der Waals surface area contributed by atoms with E-state index < -0.39 is 5.95 Å². The number of thiazole rings is 1. The van der Waals surface area contributed by atoms with Crippen LogP contribution in [0.25, 0.3) is 10.6 Å². The summed E-state index contributed by atoms with van der Waals surface area (Å²) in [5.74, 6) is -0.191. The second kappa shape index (κ2) is 12.0. The highest BCUT2D eigenvalue weighted by atomic mass is 32.2. The monoisotopic (exact) mass is 491 g/mol. The number of likely N-dealkylation sites (N-methyl/N-ethyl adjacent to an activating group) is 1. The zero-order valence-corrected chi connectivity index (χ0v) is 20.5. The fraction of sp³-hybridized carbons (Fsp3) is 0.391. The number of hydrogen-bond acceptors (Lipinski definition) is 8. The summed E-state index contributed by atoms with van der Waals surface area (Å²) in [6.45, 7) is 5.50. The van der Waals surface area contributed by atoms with Gasteiger partial charge in [-0.2, -0.15) is 8.28 Å². The van der Waals surface area contributed by atoms with Crippen LogP contribution in [-0.4, -0.2) is 53.2 Å². The number of aromatic nitrogens is 3. The van der Waals surface area contributed by atoms with E-state index in [0.29, 0.717) is 47.5 Å². The third-order valence-electron chi connectivity index (χ3n) is 5.12. The van der Waals surface area contributed by atoms with Gasteiger partial charge in [0.2, 0.25) is 5.95 Å². The van der Waals surface area contributed by atoms with E-state index in [-0.39, 0.29) is 23.0 Å².